The van der Waals surface area contributed by atoms with Crippen LogP contribution in [0.4, 0.5) is 0 Å². The van der Waals surface area contributed by atoms with Gasteiger partial charge in [0.05, 0.1) is 0 Å². The molecule has 1 amide bonds. The molecule has 2 saturated heterocycles. The SMILES string of the molecule is CCCN1CCC(=O)N1CC1CCNC1. The highest BCUT2D eigenvalue weighted by Gasteiger charge is 2.30. The lowest BCUT2D eigenvalue weighted by molar-refractivity contribution is -0.139. The van der Waals surface area contributed by atoms with E-state index in [1.165, 1.54) is 6.42 Å². The highest BCUT2D eigenvalue weighted by molar-refractivity contribution is 5.77. The topological polar surface area (TPSA) is 35.6 Å². The normalized spacial score (nSPS) is 27.9. The van der Waals surface area contributed by atoms with E-state index in [1.54, 1.807) is 0 Å². The largest absolute Gasteiger partial charge is 0.316 e. The number of amides is 1. The third-order valence-corrected chi connectivity index (χ3v) is 3.29. The number of hydrazine groups is 1. The predicted octanol–water partition coefficient (Wildman–Crippen LogP) is 0.455. The van der Waals surface area contributed by atoms with E-state index < -0.39 is 0 Å². The molecule has 15 heavy (non-hydrogen) atoms. The maximum atomic E-state index is 11.7. The van der Waals surface area contributed by atoms with Crippen molar-refractivity contribution in [1.29, 1.82) is 0 Å². The Balaban J connectivity index is 1.88. The van der Waals surface area contributed by atoms with Crippen molar-refractivity contribution in [1.82, 2.24) is 15.3 Å². The first-order chi connectivity index (χ1) is 7.31. The van der Waals surface area contributed by atoms with Crippen LogP contribution < -0.4 is 5.32 Å². The Morgan fingerprint density at radius 3 is 3.07 bits per heavy atom. The van der Waals surface area contributed by atoms with Crippen LogP contribution in [0.5, 0.6) is 0 Å². The monoisotopic (exact) mass is 211 g/mol. The lowest BCUT2D eigenvalue weighted by Crippen LogP contribution is -2.42. The van der Waals surface area contributed by atoms with Gasteiger partial charge in [0, 0.05) is 26.1 Å². The molecular formula is C11H21N3O. The molecule has 0 radical (unpaired) electrons. The standard InChI is InChI=1S/C11H21N3O/c1-2-6-13-7-4-11(15)14(13)9-10-3-5-12-8-10/h10,12H,2-9H2,1H3. The van der Waals surface area contributed by atoms with E-state index in [9.17, 15) is 4.79 Å². The average Bonchev–Trinajstić information content (AvgIpc) is 2.83. The summed E-state index contributed by atoms with van der Waals surface area (Å²) in [5.41, 5.74) is 0. The second-order valence-corrected chi connectivity index (χ2v) is 4.54. The predicted molar refractivity (Wildman–Crippen MR) is 59.2 cm³/mol. The Morgan fingerprint density at radius 1 is 1.53 bits per heavy atom. The van der Waals surface area contributed by atoms with Gasteiger partial charge in [0.1, 0.15) is 0 Å². The van der Waals surface area contributed by atoms with Crippen molar-refractivity contribution in [3.05, 3.63) is 0 Å². The Hall–Kier alpha value is -0.610. The van der Waals surface area contributed by atoms with Gasteiger partial charge in [0.25, 0.3) is 0 Å². The molecule has 0 spiro atoms. The van der Waals surface area contributed by atoms with Crippen molar-refractivity contribution in [2.75, 3.05) is 32.7 Å². The number of hydrogen-bond donors (Lipinski definition) is 1. The zero-order valence-corrected chi connectivity index (χ0v) is 9.54. The van der Waals surface area contributed by atoms with Crippen molar-refractivity contribution in [2.45, 2.75) is 26.2 Å². The third kappa shape index (κ3) is 2.49. The van der Waals surface area contributed by atoms with Crippen LogP contribution in [-0.4, -0.2) is 48.6 Å². The zero-order chi connectivity index (χ0) is 10.7. The molecule has 4 heteroatoms. The second-order valence-electron chi connectivity index (χ2n) is 4.54. The maximum Gasteiger partial charge on any atom is 0.238 e. The van der Waals surface area contributed by atoms with Gasteiger partial charge in [0.2, 0.25) is 5.91 Å². The molecule has 0 aromatic rings. The van der Waals surface area contributed by atoms with Gasteiger partial charge in [-0.1, -0.05) is 6.92 Å². The Morgan fingerprint density at radius 2 is 2.40 bits per heavy atom. The van der Waals surface area contributed by atoms with Crippen LogP contribution in [-0.2, 0) is 4.79 Å². The molecule has 0 saturated carbocycles. The Kier molecular flexibility index (Phi) is 3.59. The van der Waals surface area contributed by atoms with Gasteiger partial charge >= 0.3 is 0 Å². The Bertz CT molecular complexity index is 226. The minimum absolute atomic E-state index is 0.315. The number of hydrogen-bond acceptors (Lipinski definition) is 3. The number of nitrogens with zero attached hydrogens (tertiary/aromatic N) is 2. The molecule has 0 aromatic heterocycles. The number of nitrogens with one attached hydrogen (secondary N) is 1. The molecule has 0 aliphatic carbocycles. The molecule has 2 heterocycles. The highest BCUT2D eigenvalue weighted by Crippen LogP contribution is 2.17. The molecule has 0 aromatic carbocycles. The van der Waals surface area contributed by atoms with Crippen LogP contribution in [0.2, 0.25) is 0 Å². The third-order valence-electron chi connectivity index (χ3n) is 3.29. The van der Waals surface area contributed by atoms with E-state index >= 15 is 0 Å². The molecule has 1 N–H and O–H groups in total. The lowest BCUT2D eigenvalue weighted by Gasteiger charge is -2.29. The fraction of sp³-hybridized carbons (Fsp3) is 0.909. The van der Waals surface area contributed by atoms with Crippen molar-refractivity contribution >= 4 is 5.91 Å². The first kappa shape index (κ1) is 10.9. The number of carbonyl (C=O) groups excluding carboxylic acids is 1. The molecule has 2 aliphatic rings. The average molecular weight is 211 g/mol. The van der Waals surface area contributed by atoms with E-state index in [2.05, 4.69) is 17.2 Å². The van der Waals surface area contributed by atoms with Gasteiger partial charge in [-0.3, -0.25) is 9.80 Å². The fourth-order valence-corrected chi connectivity index (χ4v) is 2.45. The van der Waals surface area contributed by atoms with Crippen LogP contribution >= 0.6 is 0 Å². The number of carbonyl (C=O) groups is 1. The van der Waals surface area contributed by atoms with Crippen LogP contribution in [0, 0.1) is 5.92 Å². The van der Waals surface area contributed by atoms with E-state index in [1.807, 2.05) is 5.01 Å². The summed E-state index contributed by atoms with van der Waals surface area (Å²) in [5, 5.41) is 7.56. The summed E-state index contributed by atoms with van der Waals surface area (Å²) in [6.45, 7) is 7.22. The molecule has 0 bridgehead atoms. The van der Waals surface area contributed by atoms with E-state index in [4.69, 9.17) is 0 Å². The van der Waals surface area contributed by atoms with Crippen LogP contribution in [0.1, 0.15) is 26.2 Å². The summed E-state index contributed by atoms with van der Waals surface area (Å²) in [6, 6.07) is 0. The molecule has 2 fully saturated rings. The molecule has 2 rings (SSSR count). The van der Waals surface area contributed by atoms with Crippen molar-refractivity contribution in [3.8, 4) is 0 Å². The van der Waals surface area contributed by atoms with Crippen LogP contribution in [0.3, 0.4) is 0 Å². The lowest BCUT2D eigenvalue weighted by atomic mass is 10.1. The van der Waals surface area contributed by atoms with Crippen molar-refractivity contribution in [2.24, 2.45) is 5.92 Å². The molecular weight excluding hydrogens is 190 g/mol. The molecule has 4 nitrogen and oxygen atoms in total. The van der Waals surface area contributed by atoms with Gasteiger partial charge in [-0.25, -0.2) is 5.01 Å². The summed E-state index contributed by atoms with van der Waals surface area (Å²) in [4.78, 5) is 11.7. The zero-order valence-electron chi connectivity index (χ0n) is 9.54. The summed E-state index contributed by atoms with van der Waals surface area (Å²) >= 11 is 0. The van der Waals surface area contributed by atoms with Gasteiger partial charge in [0.15, 0.2) is 0 Å². The van der Waals surface area contributed by atoms with E-state index in [-0.39, 0.29) is 0 Å². The minimum Gasteiger partial charge on any atom is -0.316 e. The summed E-state index contributed by atoms with van der Waals surface area (Å²) in [7, 11) is 0. The van der Waals surface area contributed by atoms with Gasteiger partial charge in [-0.2, -0.15) is 0 Å². The first-order valence-corrected chi connectivity index (χ1v) is 6.07. The summed E-state index contributed by atoms with van der Waals surface area (Å²) in [5.74, 6) is 0.974. The van der Waals surface area contributed by atoms with E-state index in [0.29, 0.717) is 18.2 Å². The van der Waals surface area contributed by atoms with Crippen molar-refractivity contribution in [3.63, 3.8) is 0 Å². The first-order valence-electron chi connectivity index (χ1n) is 6.07. The maximum absolute atomic E-state index is 11.7. The Labute approximate surface area is 91.6 Å². The molecule has 2 aliphatic heterocycles. The molecule has 86 valence electrons. The van der Waals surface area contributed by atoms with Crippen LogP contribution in [0.25, 0.3) is 0 Å². The van der Waals surface area contributed by atoms with Crippen LogP contribution in [0.15, 0.2) is 0 Å². The summed E-state index contributed by atoms with van der Waals surface area (Å²) in [6.07, 6.45) is 3.04. The van der Waals surface area contributed by atoms with Gasteiger partial charge in [-0.15, -0.1) is 0 Å². The molecule has 1 atom stereocenters. The quantitative estimate of drug-likeness (QED) is 0.733. The van der Waals surface area contributed by atoms with Gasteiger partial charge < -0.3 is 5.32 Å². The van der Waals surface area contributed by atoms with Gasteiger partial charge in [-0.05, 0) is 31.8 Å². The minimum atomic E-state index is 0.315. The number of rotatable bonds is 4. The highest BCUT2D eigenvalue weighted by atomic mass is 16.2. The summed E-state index contributed by atoms with van der Waals surface area (Å²) < 4.78 is 0. The van der Waals surface area contributed by atoms with Crippen molar-refractivity contribution < 1.29 is 4.79 Å². The van der Waals surface area contributed by atoms with E-state index in [0.717, 1.165) is 39.1 Å². The second kappa shape index (κ2) is 4.94. The smallest absolute Gasteiger partial charge is 0.238 e. The fourth-order valence-electron chi connectivity index (χ4n) is 2.45. The molecule has 1 unspecified atom stereocenters.